The van der Waals surface area contributed by atoms with E-state index in [0.29, 0.717) is 6.61 Å². The number of hydrogen-bond acceptors (Lipinski definition) is 5. The van der Waals surface area contributed by atoms with Crippen LogP contribution in [0.2, 0.25) is 0 Å². The monoisotopic (exact) mass is 432 g/mol. The lowest BCUT2D eigenvalue weighted by atomic mass is 9.94. The summed E-state index contributed by atoms with van der Waals surface area (Å²) in [6.45, 7) is 4.45. The van der Waals surface area contributed by atoms with Crippen LogP contribution in [0.4, 0.5) is 0 Å². The minimum absolute atomic E-state index is 0.00748. The fourth-order valence-corrected chi connectivity index (χ4v) is 4.39. The van der Waals surface area contributed by atoms with E-state index < -0.39 is 0 Å². The Balaban J connectivity index is 1.76. The Morgan fingerprint density at radius 3 is 2.34 bits per heavy atom. The summed E-state index contributed by atoms with van der Waals surface area (Å²) in [7, 11) is 3.39. The molecule has 0 radical (unpaired) electrons. The largest absolute Gasteiger partial charge is 0.493 e. The quantitative estimate of drug-likeness (QED) is 0.560. The first-order chi connectivity index (χ1) is 15.8. The molecular formula is C27H32N2O3. The molecule has 3 aromatic carbocycles. The van der Waals surface area contributed by atoms with Crippen LogP contribution in [0, 0.1) is 0 Å². The first-order valence-electron chi connectivity index (χ1n) is 11.2. The summed E-state index contributed by atoms with van der Waals surface area (Å²) in [4.78, 5) is 2.52. The van der Waals surface area contributed by atoms with Gasteiger partial charge in [0.1, 0.15) is 12.4 Å². The Kier molecular flexibility index (Phi) is 7.64. The highest BCUT2D eigenvalue weighted by Gasteiger charge is 2.29. The van der Waals surface area contributed by atoms with Gasteiger partial charge in [-0.2, -0.15) is 0 Å². The van der Waals surface area contributed by atoms with E-state index in [1.807, 2.05) is 36.4 Å². The maximum absolute atomic E-state index is 6.36. The molecule has 1 N–H and O–H groups in total. The first kappa shape index (κ1) is 22.2. The zero-order valence-corrected chi connectivity index (χ0v) is 18.9. The number of nitrogens with zero attached hydrogens (tertiary/aromatic N) is 1. The molecule has 1 saturated heterocycles. The molecular weight excluding hydrogens is 400 g/mol. The number of nitrogens with one attached hydrogen (secondary N) is 1. The van der Waals surface area contributed by atoms with Crippen LogP contribution in [-0.2, 0) is 6.61 Å². The second-order valence-corrected chi connectivity index (χ2v) is 7.94. The number of benzene rings is 3. The van der Waals surface area contributed by atoms with Crippen molar-refractivity contribution in [3.05, 3.63) is 89.5 Å². The van der Waals surface area contributed by atoms with Crippen LogP contribution in [-0.4, -0.2) is 45.3 Å². The van der Waals surface area contributed by atoms with E-state index in [4.69, 9.17) is 14.2 Å². The fourth-order valence-electron chi connectivity index (χ4n) is 4.39. The van der Waals surface area contributed by atoms with Gasteiger partial charge in [-0.3, -0.25) is 4.90 Å². The van der Waals surface area contributed by atoms with Crippen molar-refractivity contribution in [2.75, 3.05) is 40.4 Å². The lowest BCUT2D eigenvalue weighted by Gasteiger charge is -2.33. The summed E-state index contributed by atoms with van der Waals surface area (Å²) >= 11 is 0. The average Bonchev–Trinajstić information content (AvgIpc) is 3.13. The van der Waals surface area contributed by atoms with Crippen LogP contribution >= 0.6 is 0 Å². The van der Waals surface area contributed by atoms with Crippen molar-refractivity contribution in [3.8, 4) is 17.2 Å². The van der Waals surface area contributed by atoms with Crippen molar-refractivity contribution in [2.24, 2.45) is 0 Å². The van der Waals surface area contributed by atoms with Crippen LogP contribution in [0.5, 0.6) is 17.2 Å². The third-order valence-corrected chi connectivity index (χ3v) is 5.92. The molecule has 168 valence electrons. The number of para-hydroxylation sites is 2. The smallest absolute Gasteiger partial charge is 0.165 e. The summed E-state index contributed by atoms with van der Waals surface area (Å²) in [6.07, 6.45) is 1.09. The van der Waals surface area contributed by atoms with Crippen molar-refractivity contribution in [2.45, 2.75) is 19.1 Å². The maximum Gasteiger partial charge on any atom is 0.165 e. The predicted molar refractivity (Wildman–Crippen MR) is 128 cm³/mol. The molecule has 1 unspecified atom stereocenters. The van der Waals surface area contributed by atoms with Gasteiger partial charge >= 0.3 is 0 Å². The SMILES string of the molecule is COc1cccc(C(c2ccccc2OCc2ccccc2)N2CCCNCC2)c1OC. The lowest BCUT2D eigenvalue weighted by Crippen LogP contribution is -2.33. The number of rotatable bonds is 8. The molecule has 0 amide bonds. The van der Waals surface area contributed by atoms with E-state index in [-0.39, 0.29) is 6.04 Å². The van der Waals surface area contributed by atoms with Crippen LogP contribution in [0.1, 0.15) is 29.2 Å². The van der Waals surface area contributed by atoms with Crippen LogP contribution in [0.15, 0.2) is 72.8 Å². The van der Waals surface area contributed by atoms with Crippen molar-refractivity contribution in [1.29, 1.82) is 0 Å². The zero-order chi connectivity index (χ0) is 22.2. The van der Waals surface area contributed by atoms with Gasteiger partial charge in [0.15, 0.2) is 11.5 Å². The molecule has 5 heteroatoms. The van der Waals surface area contributed by atoms with Gasteiger partial charge in [0.2, 0.25) is 0 Å². The van der Waals surface area contributed by atoms with E-state index >= 15 is 0 Å². The molecule has 0 saturated carbocycles. The number of ether oxygens (including phenoxy) is 3. The summed E-state index contributed by atoms with van der Waals surface area (Å²) in [6, 6.07) is 24.7. The molecule has 3 aromatic rings. The van der Waals surface area contributed by atoms with E-state index in [1.165, 1.54) is 0 Å². The summed E-state index contributed by atoms with van der Waals surface area (Å²) in [5, 5.41) is 3.52. The van der Waals surface area contributed by atoms with Gasteiger partial charge in [0, 0.05) is 30.8 Å². The summed E-state index contributed by atoms with van der Waals surface area (Å²) in [5.41, 5.74) is 3.37. The van der Waals surface area contributed by atoms with Gasteiger partial charge in [-0.15, -0.1) is 0 Å². The molecule has 1 heterocycles. The highest BCUT2D eigenvalue weighted by Crippen LogP contribution is 2.42. The minimum atomic E-state index is -0.00748. The van der Waals surface area contributed by atoms with Gasteiger partial charge < -0.3 is 19.5 Å². The maximum atomic E-state index is 6.36. The molecule has 1 atom stereocenters. The Hall–Kier alpha value is -3.02. The summed E-state index contributed by atoms with van der Waals surface area (Å²) in [5.74, 6) is 2.41. The molecule has 4 rings (SSSR count). The zero-order valence-electron chi connectivity index (χ0n) is 18.9. The Bertz CT molecular complexity index is 985. The Morgan fingerprint density at radius 1 is 0.781 bits per heavy atom. The lowest BCUT2D eigenvalue weighted by molar-refractivity contribution is 0.225. The minimum Gasteiger partial charge on any atom is -0.493 e. The highest BCUT2D eigenvalue weighted by molar-refractivity contribution is 5.53. The second kappa shape index (κ2) is 11.0. The standard InChI is InChI=1S/C27H32N2O3/c1-30-25-15-8-13-23(27(25)31-2)26(29-18-9-16-28-17-19-29)22-12-6-7-14-24(22)32-20-21-10-4-3-5-11-21/h3-8,10-15,26,28H,9,16-20H2,1-2H3. The first-order valence-corrected chi connectivity index (χ1v) is 11.2. The average molecular weight is 433 g/mol. The van der Waals surface area contributed by atoms with Crippen molar-refractivity contribution in [3.63, 3.8) is 0 Å². The van der Waals surface area contributed by atoms with Gasteiger partial charge in [0.05, 0.1) is 20.3 Å². The van der Waals surface area contributed by atoms with E-state index in [0.717, 1.165) is 66.5 Å². The molecule has 1 aliphatic heterocycles. The molecule has 1 fully saturated rings. The Labute approximate surface area is 190 Å². The van der Waals surface area contributed by atoms with Gasteiger partial charge in [-0.25, -0.2) is 0 Å². The van der Waals surface area contributed by atoms with E-state index in [1.54, 1.807) is 14.2 Å². The molecule has 0 aliphatic carbocycles. The van der Waals surface area contributed by atoms with Gasteiger partial charge in [-0.1, -0.05) is 60.7 Å². The number of methoxy groups -OCH3 is 2. The summed E-state index contributed by atoms with van der Waals surface area (Å²) < 4.78 is 17.8. The third kappa shape index (κ3) is 5.06. The normalized spacial score (nSPS) is 15.6. The predicted octanol–water partition coefficient (Wildman–Crippen LogP) is 4.67. The van der Waals surface area contributed by atoms with Gasteiger partial charge in [0.25, 0.3) is 0 Å². The second-order valence-electron chi connectivity index (χ2n) is 7.94. The van der Waals surface area contributed by atoms with Crippen LogP contribution in [0.25, 0.3) is 0 Å². The van der Waals surface area contributed by atoms with E-state index in [2.05, 4.69) is 46.6 Å². The van der Waals surface area contributed by atoms with Crippen molar-refractivity contribution < 1.29 is 14.2 Å². The Morgan fingerprint density at radius 2 is 1.53 bits per heavy atom. The number of hydrogen-bond donors (Lipinski definition) is 1. The van der Waals surface area contributed by atoms with Crippen LogP contribution < -0.4 is 19.5 Å². The molecule has 0 bridgehead atoms. The van der Waals surface area contributed by atoms with E-state index in [9.17, 15) is 0 Å². The molecule has 1 aliphatic rings. The molecule has 0 spiro atoms. The topological polar surface area (TPSA) is 43.0 Å². The van der Waals surface area contributed by atoms with Crippen molar-refractivity contribution >= 4 is 0 Å². The fraction of sp³-hybridized carbons (Fsp3) is 0.333. The van der Waals surface area contributed by atoms with Crippen molar-refractivity contribution in [1.82, 2.24) is 10.2 Å². The third-order valence-electron chi connectivity index (χ3n) is 5.92. The molecule has 5 nitrogen and oxygen atoms in total. The molecule has 32 heavy (non-hydrogen) atoms. The highest BCUT2D eigenvalue weighted by atomic mass is 16.5. The molecule has 0 aromatic heterocycles. The van der Waals surface area contributed by atoms with Gasteiger partial charge in [-0.05, 0) is 30.7 Å². The van der Waals surface area contributed by atoms with Crippen LogP contribution in [0.3, 0.4) is 0 Å².